The van der Waals surface area contributed by atoms with Crippen LogP contribution in [0.1, 0.15) is 92.5 Å². The number of halogens is 3. The first kappa shape index (κ1) is 49.7. The van der Waals surface area contributed by atoms with Crippen molar-refractivity contribution in [1.29, 1.82) is 0 Å². The second-order valence-electron chi connectivity index (χ2n) is 18.6. The Kier molecular flexibility index (Phi) is 15.3. The van der Waals surface area contributed by atoms with Crippen LogP contribution in [0, 0.1) is 17.7 Å². The lowest BCUT2D eigenvalue weighted by Crippen LogP contribution is -2.46. The van der Waals surface area contributed by atoms with Gasteiger partial charge in [0.15, 0.2) is 5.82 Å². The molecule has 2 amide bonds. The molecule has 2 aliphatic rings. The van der Waals surface area contributed by atoms with Crippen LogP contribution in [0.5, 0.6) is 11.5 Å². The summed E-state index contributed by atoms with van der Waals surface area (Å²) in [6.07, 6.45) is 5.31. The molecule has 2 fully saturated rings. The number of H-pyrrole nitrogens is 2. The van der Waals surface area contributed by atoms with Gasteiger partial charge in [-0.15, -0.1) is 0 Å². The average molecular weight is 997 g/mol. The second-order valence-corrected chi connectivity index (χ2v) is 19.4. The fourth-order valence-corrected chi connectivity index (χ4v) is 9.52. The molecule has 1 atom stereocenters. The number of hydrogen-bond acceptors (Lipinski definition) is 11. The number of anilines is 1. The highest BCUT2D eigenvalue weighted by molar-refractivity contribution is 6.33. The van der Waals surface area contributed by atoms with E-state index in [0.717, 1.165) is 0 Å². The number of piperidine rings is 2. The maximum atomic E-state index is 15.7. The topological polar surface area (TPSA) is 211 Å². The highest BCUT2D eigenvalue weighted by Crippen LogP contribution is 2.38. The Labute approximate surface area is 414 Å². The Morgan fingerprint density at radius 1 is 0.900 bits per heavy atom. The number of nitrogens with zero attached hydrogens (tertiary/aromatic N) is 5. The van der Waals surface area contributed by atoms with Gasteiger partial charge in [0.1, 0.15) is 35.4 Å². The summed E-state index contributed by atoms with van der Waals surface area (Å²) in [7, 11) is 0. The van der Waals surface area contributed by atoms with Crippen molar-refractivity contribution >= 4 is 46.8 Å². The second kappa shape index (κ2) is 21.5. The minimum absolute atomic E-state index is 0.0404. The molecule has 0 saturated carbocycles. The number of carbonyl (C=O) groups is 3. The predicted octanol–water partition coefficient (Wildman–Crippen LogP) is 8.58. The van der Waals surface area contributed by atoms with Crippen LogP contribution in [0.4, 0.5) is 10.2 Å². The van der Waals surface area contributed by atoms with E-state index in [9.17, 15) is 29.4 Å². The molecule has 0 bridgehead atoms. The minimum Gasteiger partial charge on any atom is -0.508 e. The molecule has 2 aliphatic heterocycles. The number of phenolic OH excluding ortho intramolecular Hbond substituents is 2. The highest BCUT2D eigenvalue weighted by Gasteiger charge is 2.34. The molecule has 6 N–H and O–H groups in total. The van der Waals surface area contributed by atoms with Gasteiger partial charge in [-0.1, -0.05) is 55.2 Å². The summed E-state index contributed by atoms with van der Waals surface area (Å²) in [5, 5.41) is 34.6. The first-order chi connectivity index (χ1) is 33.5. The SMILES string of the molecule is CC(C)Nc1cc(-c2c[nH]c(C(=O)NC(COC(=O)C3CCN(C(=O)C4CCN(Cc5ccc(-n6c(-c7cc(C(C)C)c(O)cc7O)n[nH]c6=O)cc5F)CC4)CC3)c3cccc(Cl)c3)c2)c(Cl)cn1. The zero-order valence-corrected chi connectivity index (χ0v) is 40.8. The number of ether oxygens (including phenoxy) is 1. The number of esters is 1. The van der Waals surface area contributed by atoms with E-state index in [4.69, 9.17) is 27.9 Å². The molecule has 3 aromatic heterocycles. The number of amides is 2. The van der Waals surface area contributed by atoms with Crippen LogP contribution >= 0.6 is 23.2 Å². The van der Waals surface area contributed by atoms with Gasteiger partial charge in [-0.2, -0.15) is 5.10 Å². The van der Waals surface area contributed by atoms with Gasteiger partial charge in [0.2, 0.25) is 5.91 Å². The summed E-state index contributed by atoms with van der Waals surface area (Å²) in [5.41, 5.74) is 3.10. The normalized spacial score (nSPS) is 15.4. The van der Waals surface area contributed by atoms with Crippen molar-refractivity contribution in [3.63, 3.8) is 0 Å². The van der Waals surface area contributed by atoms with Crippen LogP contribution in [0.2, 0.25) is 10.0 Å². The van der Waals surface area contributed by atoms with Gasteiger partial charge in [-0.25, -0.2) is 23.8 Å². The molecule has 0 spiro atoms. The predicted molar refractivity (Wildman–Crippen MR) is 265 cm³/mol. The number of likely N-dealkylation sites (tertiary alicyclic amines) is 2. The first-order valence-electron chi connectivity index (χ1n) is 23.4. The lowest BCUT2D eigenvalue weighted by atomic mass is 9.92. The number of pyridine rings is 1. The molecule has 70 heavy (non-hydrogen) atoms. The molecule has 8 rings (SSSR count). The molecule has 19 heteroatoms. The lowest BCUT2D eigenvalue weighted by Gasteiger charge is -2.37. The van der Waals surface area contributed by atoms with Gasteiger partial charge in [0.25, 0.3) is 5.91 Å². The Morgan fingerprint density at radius 2 is 1.64 bits per heavy atom. The van der Waals surface area contributed by atoms with Crippen molar-refractivity contribution in [1.82, 2.24) is 39.8 Å². The molecule has 3 aromatic carbocycles. The number of benzene rings is 3. The van der Waals surface area contributed by atoms with E-state index in [-0.39, 0.29) is 64.7 Å². The molecular weight excluding hydrogens is 941 g/mol. The van der Waals surface area contributed by atoms with E-state index in [1.807, 2.05) is 38.7 Å². The summed E-state index contributed by atoms with van der Waals surface area (Å²) in [5.74, 6) is -1.67. The van der Waals surface area contributed by atoms with Gasteiger partial charge < -0.3 is 35.5 Å². The third-order valence-electron chi connectivity index (χ3n) is 12.9. The van der Waals surface area contributed by atoms with E-state index in [2.05, 4.69) is 35.7 Å². The number of aromatic nitrogens is 5. The third-order valence-corrected chi connectivity index (χ3v) is 13.5. The zero-order valence-electron chi connectivity index (χ0n) is 39.3. The number of hydrogen-bond donors (Lipinski definition) is 6. The Morgan fingerprint density at radius 3 is 2.34 bits per heavy atom. The standard InChI is InChI=1S/C51H56Cl2FN9O7/c1-28(2)37-21-39(45(65)23-44(37)64)47-59-60-51(69)63(47)36-9-8-33(41(54)20-36)26-61-14-10-30(11-15-61)49(67)62-16-12-31(13-17-62)50(68)70-27-43(32-6-5-7-35(52)18-32)58-48(66)42-19-34(24-55-42)38-22-46(57-29(3)4)56-25-40(38)53/h5-9,18-25,28-31,43,55,64-65H,10-17,26-27H2,1-4H3,(H,56,57)(H,58,66)(H,60,69). The largest absolute Gasteiger partial charge is 0.508 e. The third kappa shape index (κ3) is 11.3. The van der Waals surface area contributed by atoms with Gasteiger partial charge >= 0.3 is 11.7 Å². The quantitative estimate of drug-likeness (QED) is 0.0537. The van der Waals surface area contributed by atoms with Crippen molar-refractivity contribution in [3.8, 4) is 39.7 Å². The molecule has 0 aliphatic carbocycles. The number of nitrogens with one attached hydrogen (secondary N) is 4. The van der Waals surface area contributed by atoms with Gasteiger partial charge in [-0.05, 0) is 112 Å². The van der Waals surface area contributed by atoms with Crippen LogP contribution in [0.25, 0.3) is 28.2 Å². The van der Waals surface area contributed by atoms with Crippen molar-refractivity contribution in [3.05, 3.63) is 128 Å². The zero-order chi connectivity index (χ0) is 49.8. The van der Waals surface area contributed by atoms with Crippen molar-refractivity contribution in [2.45, 2.75) is 77.9 Å². The van der Waals surface area contributed by atoms with E-state index < -0.39 is 35.3 Å². The molecule has 6 aromatic rings. The first-order valence-corrected chi connectivity index (χ1v) is 24.2. The van der Waals surface area contributed by atoms with Crippen LogP contribution in [-0.2, 0) is 20.9 Å². The van der Waals surface area contributed by atoms with Crippen molar-refractivity contribution in [2.75, 3.05) is 38.1 Å². The number of aromatic amines is 2. The monoisotopic (exact) mass is 995 g/mol. The fourth-order valence-electron chi connectivity index (χ4n) is 9.11. The smallest absolute Gasteiger partial charge is 0.348 e. The number of rotatable bonds is 15. The van der Waals surface area contributed by atoms with E-state index in [0.29, 0.717) is 102 Å². The van der Waals surface area contributed by atoms with Crippen LogP contribution in [-0.4, -0.2) is 101 Å². The molecule has 16 nitrogen and oxygen atoms in total. The fraction of sp³-hybridized carbons (Fsp3) is 0.373. The lowest BCUT2D eigenvalue weighted by molar-refractivity contribution is -0.153. The molecule has 5 heterocycles. The molecular formula is C51H56Cl2FN9O7. The Balaban J connectivity index is 0.822. The van der Waals surface area contributed by atoms with Crippen LogP contribution < -0.4 is 16.3 Å². The average Bonchev–Trinajstić information content (AvgIpc) is 3.98. The molecule has 2 saturated heterocycles. The Bertz CT molecular complexity index is 2940. The summed E-state index contributed by atoms with van der Waals surface area (Å²) in [6, 6.07) is 17.2. The highest BCUT2D eigenvalue weighted by atomic mass is 35.5. The van der Waals surface area contributed by atoms with Gasteiger partial charge in [-0.3, -0.25) is 19.3 Å². The summed E-state index contributed by atoms with van der Waals surface area (Å²) in [6.45, 7) is 9.90. The Hall–Kier alpha value is -6.69. The number of aromatic hydroxyl groups is 2. The van der Waals surface area contributed by atoms with Crippen molar-refractivity contribution in [2.24, 2.45) is 11.8 Å². The minimum atomic E-state index is -0.718. The van der Waals surface area contributed by atoms with E-state index in [1.165, 1.54) is 16.7 Å². The van der Waals surface area contributed by atoms with E-state index in [1.54, 1.807) is 60.9 Å². The van der Waals surface area contributed by atoms with E-state index >= 15 is 4.39 Å². The molecule has 368 valence electrons. The molecule has 1 unspecified atom stereocenters. The van der Waals surface area contributed by atoms with Crippen LogP contribution in [0.3, 0.4) is 0 Å². The van der Waals surface area contributed by atoms with Gasteiger partial charge in [0, 0.05) is 71.8 Å². The summed E-state index contributed by atoms with van der Waals surface area (Å²) < 4.78 is 22.7. The maximum Gasteiger partial charge on any atom is 0.348 e. The number of carbonyl (C=O) groups excluding carboxylic acids is 3. The number of phenols is 2. The summed E-state index contributed by atoms with van der Waals surface area (Å²) in [4.78, 5) is 65.0. The van der Waals surface area contributed by atoms with Gasteiger partial charge in [0.05, 0.1) is 28.2 Å². The molecule has 0 radical (unpaired) electrons. The van der Waals surface area contributed by atoms with Crippen LogP contribution in [0.15, 0.2) is 83.9 Å². The maximum absolute atomic E-state index is 15.7. The summed E-state index contributed by atoms with van der Waals surface area (Å²) >= 11 is 12.8. The van der Waals surface area contributed by atoms with Crippen molar-refractivity contribution < 1.29 is 33.7 Å².